The molecule has 0 spiro atoms. The van der Waals surface area contributed by atoms with Gasteiger partial charge >= 0.3 is 11.9 Å². The van der Waals surface area contributed by atoms with Crippen molar-refractivity contribution in [3.63, 3.8) is 0 Å². The normalized spacial score (nSPS) is 49.6. The number of ether oxygens (including phenoxy) is 15. The number of methoxy groups -OCH3 is 1. The molecule has 22 rings (SSSR count). The van der Waals surface area contributed by atoms with E-state index in [0.29, 0.717) is 12.2 Å². The van der Waals surface area contributed by atoms with Gasteiger partial charge < -0.3 is 158 Å². The molecule has 0 aliphatic carbocycles. The average Bonchev–Trinajstić information content (AvgIpc) is 3.43. The van der Waals surface area contributed by atoms with E-state index in [9.17, 15) is 96.4 Å². The zero-order valence-corrected chi connectivity index (χ0v) is 40.0. The Labute approximate surface area is 428 Å². The lowest BCUT2D eigenvalue weighted by Crippen LogP contribution is -2.69. The maximum absolute atomic E-state index is 12.4. The summed E-state index contributed by atoms with van der Waals surface area (Å²) in [5.74, 6) is -2.14. The van der Waals surface area contributed by atoms with Crippen molar-refractivity contribution in [1.82, 2.24) is 0 Å². The Morgan fingerprint density at radius 1 is 0.342 bits per heavy atom. The number of aliphatic hydroxyl groups is 17. The molecule has 22 saturated heterocycles. The fraction of sp³-hybridized carbons (Fsp3) is 0.905. The lowest BCUT2D eigenvalue weighted by Gasteiger charge is -2.51. The summed E-state index contributed by atoms with van der Waals surface area (Å²) in [6, 6.07) is 0. The number of esters is 2. The molecular weight excluding hydrogens is 1050 g/mol. The molecule has 34 heteroatoms. The summed E-state index contributed by atoms with van der Waals surface area (Å²) in [6.07, 6.45) is -58.8. The van der Waals surface area contributed by atoms with Gasteiger partial charge in [-0.2, -0.15) is 0 Å². The first-order valence-electron chi connectivity index (χ1n) is 23.8. The third-order valence-electron chi connectivity index (χ3n) is 13.7. The van der Waals surface area contributed by atoms with Crippen LogP contribution in [0.15, 0.2) is 12.2 Å². The Hall–Kier alpha value is -2.52. The maximum Gasteiger partial charge on any atom is 0.333 e. The molecule has 0 unspecified atom stereocenters. The van der Waals surface area contributed by atoms with Crippen LogP contribution in [0.3, 0.4) is 0 Å². The summed E-state index contributed by atoms with van der Waals surface area (Å²) < 4.78 is 84.0. The highest BCUT2D eigenvalue weighted by atomic mass is 16.8. The zero-order chi connectivity index (χ0) is 55.4. The van der Waals surface area contributed by atoms with E-state index in [4.69, 9.17) is 66.3 Å². The lowest BCUT2D eigenvalue weighted by atomic mass is 9.94. The molecule has 17 N–H and O–H groups in total. The van der Waals surface area contributed by atoms with E-state index < -0.39 is 243 Å². The number of rotatable bonds is 11. The van der Waals surface area contributed by atoms with Gasteiger partial charge in [-0.15, -0.1) is 0 Å². The largest absolute Gasteiger partial charge is 0.466 e. The smallest absolute Gasteiger partial charge is 0.333 e. The topological polar surface area (TPSA) is 517 Å². The first-order chi connectivity index (χ1) is 36.2. The van der Waals surface area contributed by atoms with Crippen LogP contribution in [0, 0.1) is 0 Å². The molecule has 22 heterocycles. The van der Waals surface area contributed by atoms with Crippen molar-refractivity contribution in [2.75, 3.05) is 53.5 Å². The quantitative estimate of drug-likeness (QED) is 0.0519. The van der Waals surface area contributed by atoms with E-state index in [1.54, 1.807) is 0 Å². The first-order valence-corrected chi connectivity index (χ1v) is 23.8. The number of carbonyl (C=O) groups is 2. The van der Waals surface area contributed by atoms with Crippen LogP contribution >= 0.6 is 0 Å². The molecule has 30 atom stereocenters. The summed E-state index contributed by atoms with van der Waals surface area (Å²) in [7, 11) is 1.03. The highest BCUT2D eigenvalue weighted by molar-refractivity contribution is 5.91. The Morgan fingerprint density at radius 3 is 0.842 bits per heavy atom. The molecule has 0 radical (unpaired) electrons. The molecule has 22 aliphatic heterocycles. The molecule has 0 aromatic rings. The maximum atomic E-state index is 12.4. The van der Waals surface area contributed by atoms with Crippen molar-refractivity contribution in [1.29, 1.82) is 0 Å². The molecule has 12 bridgehead atoms. The fourth-order valence-corrected chi connectivity index (χ4v) is 9.53. The van der Waals surface area contributed by atoms with Crippen LogP contribution in [-0.4, -0.2) is 337 Å². The Balaban J connectivity index is 1.21. The number of hydrogen-bond donors (Lipinski definition) is 17. The molecule has 0 saturated carbocycles. The van der Waals surface area contributed by atoms with Crippen LogP contribution in [-0.2, 0) is 80.6 Å². The second kappa shape index (κ2) is 26.8. The Morgan fingerprint density at radius 2 is 0.579 bits per heavy atom. The Bertz CT molecular complexity index is 1860. The number of aliphatic hydroxyl groups excluding tert-OH is 17. The predicted octanol–water partition coefficient (Wildman–Crippen LogP) is -12.8. The van der Waals surface area contributed by atoms with Crippen molar-refractivity contribution in [2.24, 2.45) is 0 Å². The van der Waals surface area contributed by atoms with Gasteiger partial charge in [0.05, 0.1) is 46.8 Å². The van der Waals surface area contributed by atoms with Crippen molar-refractivity contribution < 1.29 is 167 Å². The molecule has 34 nitrogen and oxygen atoms in total. The predicted molar refractivity (Wildman–Crippen MR) is 227 cm³/mol. The molecular formula is C42H66O34. The van der Waals surface area contributed by atoms with Crippen molar-refractivity contribution in [2.45, 2.75) is 184 Å². The summed E-state index contributed by atoms with van der Waals surface area (Å²) in [5.41, 5.74) is 0. The van der Waals surface area contributed by atoms with Gasteiger partial charge in [-0.1, -0.05) is 0 Å². The number of hydrogen-bond acceptors (Lipinski definition) is 34. The molecule has 76 heavy (non-hydrogen) atoms. The van der Waals surface area contributed by atoms with Crippen LogP contribution in [0.2, 0.25) is 0 Å². The van der Waals surface area contributed by atoms with Crippen molar-refractivity contribution in [3.05, 3.63) is 12.2 Å². The summed E-state index contributed by atoms with van der Waals surface area (Å²) in [4.78, 5) is 23.9. The van der Waals surface area contributed by atoms with E-state index in [1.807, 2.05) is 0 Å². The summed E-state index contributed by atoms with van der Waals surface area (Å²) in [5, 5.41) is 188. The lowest BCUT2D eigenvalue weighted by molar-refractivity contribution is -0.405. The minimum Gasteiger partial charge on any atom is -0.466 e. The van der Waals surface area contributed by atoms with E-state index in [1.165, 1.54) is 0 Å². The van der Waals surface area contributed by atoms with Gasteiger partial charge in [-0.3, -0.25) is 0 Å². The van der Waals surface area contributed by atoms with Crippen LogP contribution in [0.5, 0.6) is 0 Å². The summed E-state index contributed by atoms with van der Waals surface area (Å²) >= 11 is 0. The van der Waals surface area contributed by atoms with Crippen molar-refractivity contribution >= 4 is 11.9 Å². The zero-order valence-electron chi connectivity index (χ0n) is 40.0. The van der Waals surface area contributed by atoms with Crippen LogP contribution in [0.4, 0.5) is 0 Å². The average molecular weight is 1110 g/mol. The van der Waals surface area contributed by atoms with E-state index in [-0.39, 0.29) is 0 Å². The summed E-state index contributed by atoms with van der Waals surface area (Å²) in [6.45, 7) is -7.38. The molecule has 0 aromatic heterocycles. The van der Waals surface area contributed by atoms with E-state index in [0.717, 1.165) is 7.11 Å². The standard InChI is InChI=1S/C42H66O34/c1-62-17(49)2-3-18(50)63-10-64-36-29(61)42-70-16(9-48)35(36)76-41-28(60)23(55)33(14(7-46)69-41)74-39-26(58)21(53)31(12(5-44)67-39)72-37-24(56)19(51)30(11(4-43)65-37)71-38-25(57)20(52)32(13(6-45)66-38)73-40-27(59)22(54)34(75-42)15(8-47)68-40/h2-3,11-16,19-48,51-61H,4-10H2,1H3/b3-2-/t11-,12-,13-,14-,15-,16-,19-,20-,21-,22-,23-,24-,25-,26-,27-,28-,29-,30-,31-,32-,33-,34-,35+,36-,37-,38-,39-,40-,41-,42-/m1/s1. The molecule has 22 aliphatic rings. The second-order valence-corrected chi connectivity index (χ2v) is 18.4. The van der Waals surface area contributed by atoms with E-state index >= 15 is 0 Å². The SMILES string of the molecule is COC(=O)/C=C\C(=O)OCO[C@@H]1[C@@H](O)[C@H]2O[C@H]3[C@H](O)[C@@H](O)[C@@H](O[C@H]4[C@H](O)[C@@H](O)[C@@H](O[C@H]5[C@H](O)[C@@H](O)[C@@H](O[C@H]6[C@H](O)[C@@H](O)[C@@H](O[C@H]7[C@H](O)[C@@H](O)[C@@H](O[C@H]1[C@@H](CO)O2)O[C@@H]7CO)O[C@@H]6CO)O[C@@H]5CO)O[C@@H]4CO)O[C@@H]3CO. The van der Waals surface area contributed by atoms with Gasteiger partial charge in [0.1, 0.15) is 146 Å². The number of carbonyl (C=O) groups excluding carboxylic acids is 2. The minimum absolute atomic E-state index is 0.645. The van der Waals surface area contributed by atoms with Gasteiger partial charge in [0.15, 0.2) is 44.5 Å². The van der Waals surface area contributed by atoms with Crippen LogP contribution in [0.1, 0.15) is 0 Å². The van der Waals surface area contributed by atoms with Gasteiger partial charge in [-0.05, 0) is 0 Å². The highest BCUT2D eigenvalue weighted by Gasteiger charge is 2.59. The highest BCUT2D eigenvalue weighted by Crippen LogP contribution is 2.38. The second-order valence-electron chi connectivity index (χ2n) is 18.4. The molecule has 0 amide bonds. The third-order valence-corrected chi connectivity index (χ3v) is 13.7. The molecule has 22 fully saturated rings. The molecule has 438 valence electrons. The van der Waals surface area contributed by atoms with Crippen LogP contribution < -0.4 is 0 Å². The third kappa shape index (κ3) is 12.8. The van der Waals surface area contributed by atoms with Gasteiger partial charge in [0.2, 0.25) is 0 Å². The van der Waals surface area contributed by atoms with Gasteiger partial charge in [0.25, 0.3) is 0 Å². The monoisotopic (exact) mass is 1110 g/mol. The van der Waals surface area contributed by atoms with Gasteiger partial charge in [0, 0.05) is 12.2 Å². The van der Waals surface area contributed by atoms with Gasteiger partial charge in [-0.25, -0.2) is 9.59 Å². The Kier molecular flexibility index (Phi) is 21.6. The molecule has 0 aromatic carbocycles. The van der Waals surface area contributed by atoms with Crippen molar-refractivity contribution in [3.8, 4) is 0 Å². The fourth-order valence-electron chi connectivity index (χ4n) is 9.53. The first kappa shape index (κ1) is 61.1. The van der Waals surface area contributed by atoms with Crippen LogP contribution in [0.25, 0.3) is 0 Å². The van der Waals surface area contributed by atoms with E-state index in [2.05, 4.69) is 4.74 Å². The minimum atomic E-state index is -2.24.